The summed E-state index contributed by atoms with van der Waals surface area (Å²) in [6, 6.07) is 8.54. The van der Waals surface area contributed by atoms with Crippen LogP contribution in [0, 0.1) is 6.92 Å². The molecule has 1 amide bonds. The number of likely N-dealkylation sites (N-methyl/N-ethyl adjacent to an activating group) is 1. The number of hydrogen-bond acceptors (Lipinski definition) is 4. The van der Waals surface area contributed by atoms with Crippen molar-refractivity contribution in [1.29, 1.82) is 0 Å². The zero-order valence-corrected chi connectivity index (χ0v) is 14.2. The van der Waals surface area contributed by atoms with E-state index in [9.17, 15) is 4.79 Å². The Balaban J connectivity index is 1.90. The highest BCUT2D eigenvalue weighted by Crippen LogP contribution is 2.24. The molecule has 2 N–H and O–H groups in total. The predicted molar refractivity (Wildman–Crippen MR) is 92.1 cm³/mol. The van der Waals surface area contributed by atoms with Crippen LogP contribution in [-0.4, -0.2) is 30.0 Å². The lowest BCUT2D eigenvalue weighted by Crippen LogP contribution is -2.39. The molecule has 0 bridgehead atoms. The van der Waals surface area contributed by atoms with Gasteiger partial charge in [-0.25, -0.2) is 4.98 Å². The molecule has 2 rings (SSSR count). The second kappa shape index (κ2) is 8.06. The lowest BCUT2D eigenvalue weighted by molar-refractivity contribution is -0.120. The van der Waals surface area contributed by atoms with Crippen LogP contribution in [0.1, 0.15) is 25.1 Å². The molecule has 0 radical (unpaired) electrons. The maximum Gasteiger partial charge on any atom is 0.226 e. The summed E-state index contributed by atoms with van der Waals surface area (Å²) in [6.07, 6.45) is 0.334. The monoisotopic (exact) mass is 317 g/mol. The lowest BCUT2D eigenvalue weighted by atomic mass is 10.1. The highest BCUT2D eigenvalue weighted by atomic mass is 32.1. The Labute approximate surface area is 136 Å². The van der Waals surface area contributed by atoms with Crippen LogP contribution in [0.25, 0.3) is 10.6 Å². The molecular formula is C17H23N3OS. The molecule has 4 nitrogen and oxygen atoms in total. The van der Waals surface area contributed by atoms with Gasteiger partial charge in [-0.05, 0) is 26.5 Å². The smallest absolute Gasteiger partial charge is 0.226 e. The fourth-order valence-corrected chi connectivity index (χ4v) is 3.03. The molecule has 0 spiro atoms. The van der Waals surface area contributed by atoms with Crippen molar-refractivity contribution in [3.8, 4) is 10.6 Å². The van der Waals surface area contributed by atoms with E-state index in [4.69, 9.17) is 0 Å². The zero-order chi connectivity index (χ0) is 15.9. The van der Waals surface area contributed by atoms with Crippen LogP contribution in [0.4, 0.5) is 0 Å². The Kier molecular flexibility index (Phi) is 6.10. The third kappa shape index (κ3) is 4.93. The molecule has 5 heteroatoms. The van der Waals surface area contributed by atoms with E-state index in [2.05, 4.69) is 48.5 Å². The first-order valence-electron chi connectivity index (χ1n) is 7.60. The Morgan fingerprint density at radius 2 is 2.23 bits per heavy atom. The Morgan fingerprint density at radius 3 is 2.95 bits per heavy atom. The summed E-state index contributed by atoms with van der Waals surface area (Å²) in [5.41, 5.74) is 3.15. The molecule has 1 aromatic heterocycles. The van der Waals surface area contributed by atoms with Gasteiger partial charge in [0, 0.05) is 23.5 Å². The van der Waals surface area contributed by atoms with Crippen molar-refractivity contribution in [2.45, 2.75) is 33.2 Å². The molecule has 0 saturated carbocycles. The molecule has 0 aliphatic carbocycles. The quantitative estimate of drug-likeness (QED) is 0.825. The summed E-state index contributed by atoms with van der Waals surface area (Å²) in [7, 11) is 0. The van der Waals surface area contributed by atoms with Crippen LogP contribution < -0.4 is 10.6 Å². The topological polar surface area (TPSA) is 54.0 Å². The number of benzene rings is 1. The van der Waals surface area contributed by atoms with Gasteiger partial charge in [-0.2, -0.15) is 0 Å². The summed E-state index contributed by atoms with van der Waals surface area (Å²) < 4.78 is 0. The number of carbonyl (C=O) groups excluding carboxylic acids is 1. The van der Waals surface area contributed by atoms with E-state index < -0.39 is 0 Å². The van der Waals surface area contributed by atoms with Gasteiger partial charge in [0.1, 0.15) is 5.01 Å². The molecule has 0 fully saturated rings. The van der Waals surface area contributed by atoms with Crippen LogP contribution >= 0.6 is 11.3 Å². The predicted octanol–water partition coefficient (Wildman–Crippen LogP) is 2.78. The Bertz CT molecular complexity index is 624. The molecule has 2 aromatic rings. The first-order chi connectivity index (χ1) is 10.6. The first kappa shape index (κ1) is 16.6. The summed E-state index contributed by atoms with van der Waals surface area (Å²) in [4.78, 5) is 16.5. The minimum absolute atomic E-state index is 0.0193. The normalized spacial score (nSPS) is 12.1. The van der Waals surface area contributed by atoms with E-state index >= 15 is 0 Å². The molecule has 0 aliphatic heterocycles. The third-order valence-corrected chi connectivity index (χ3v) is 4.26. The largest absolute Gasteiger partial charge is 0.354 e. The van der Waals surface area contributed by atoms with Gasteiger partial charge in [-0.3, -0.25) is 4.79 Å². The van der Waals surface area contributed by atoms with E-state index in [1.165, 1.54) is 5.56 Å². The molecule has 1 aromatic carbocycles. The summed E-state index contributed by atoms with van der Waals surface area (Å²) in [6.45, 7) is 7.73. The Morgan fingerprint density at radius 1 is 1.41 bits per heavy atom. The van der Waals surface area contributed by atoms with E-state index in [-0.39, 0.29) is 11.9 Å². The second-order valence-electron chi connectivity index (χ2n) is 5.45. The van der Waals surface area contributed by atoms with E-state index in [1.807, 2.05) is 17.5 Å². The van der Waals surface area contributed by atoms with Gasteiger partial charge in [0.2, 0.25) is 5.91 Å². The van der Waals surface area contributed by atoms with Crippen molar-refractivity contribution >= 4 is 17.2 Å². The minimum atomic E-state index is 0.0193. The van der Waals surface area contributed by atoms with Gasteiger partial charge in [0.05, 0.1) is 12.1 Å². The standard InChI is InChI=1S/C17H23N3OS/c1-4-18-13(3)10-19-16(21)9-15-11-22-17(20-15)14-7-5-6-12(2)8-14/h5-8,11,13,18H,4,9-10H2,1-3H3,(H,19,21)/t13-/m1/s1. The maximum absolute atomic E-state index is 11.9. The van der Waals surface area contributed by atoms with Crippen molar-refractivity contribution in [2.75, 3.05) is 13.1 Å². The van der Waals surface area contributed by atoms with E-state index in [0.29, 0.717) is 13.0 Å². The number of nitrogens with zero attached hydrogens (tertiary/aromatic N) is 1. The van der Waals surface area contributed by atoms with Gasteiger partial charge in [0.15, 0.2) is 0 Å². The summed E-state index contributed by atoms with van der Waals surface area (Å²) in [5.74, 6) is 0.0193. The highest BCUT2D eigenvalue weighted by molar-refractivity contribution is 7.13. The third-order valence-electron chi connectivity index (χ3n) is 3.32. The molecule has 0 saturated heterocycles. The fraction of sp³-hybridized carbons (Fsp3) is 0.412. The molecule has 22 heavy (non-hydrogen) atoms. The fourth-order valence-electron chi connectivity index (χ4n) is 2.21. The SMILES string of the molecule is CCN[C@H](C)CNC(=O)Cc1csc(-c2cccc(C)c2)n1. The first-order valence-corrected chi connectivity index (χ1v) is 8.48. The van der Waals surface area contributed by atoms with Crippen LogP contribution in [0.5, 0.6) is 0 Å². The second-order valence-corrected chi connectivity index (χ2v) is 6.31. The van der Waals surface area contributed by atoms with Gasteiger partial charge in [-0.1, -0.05) is 30.7 Å². The number of aryl methyl sites for hydroxylation is 1. The maximum atomic E-state index is 11.9. The van der Waals surface area contributed by atoms with Gasteiger partial charge in [-0.15, -0.1) is 11.3 Å². The van der Waals surface area contributed by atoms with E-state index in [1.54, 1.807) is 11.3 Å². The van der Waals surface area contributed by atoms with Gasteiger partial charge < -0.3 is 10.6 Å². The summed E-state index contributed by atoms with van der Waals surface area (Å²) >= 11 is 1.58. The number of nitrogens with one attached hydrogen (secondary N) is 2. The van der Waals surface area contributed by atoms with Crippen molar-refractivity contribution in [2.24, 2.45) is 0 Å². The molecule has 1 atom stereocenters. The number of thiazole rings is 1. The highest BCUT2D eigenvalue weighted by Gasteiger charge is 2.10. The Hall–Kier alpha value is -1.72. The lowest BCUT2D eigenvalue weighted by Gasteiger charge is -2.12. The number of hydrogen-bond donors (Lipinski definition) is 2. The minimum Gasteiger partial charge on any atom is -0.354 e. The molecule has 0 aliphatic rings. The molecule has 0 unspecified atom stereocenters. The van der Waals surface area contributed by atoms with Gasteiger partial charge in [0.25, 0.3) is 0 Å². The van der Waals surface area contributed by atoms with Crippen molar-refractivity contribution in [1.82, 2.24) is 15.6 Å². The van der Waals surface area contributed by atoms with Crippen LogP contribution in [-0.2, 0) is 11.2 Å². The van der Waals surface area contributed by atoms with Crippen LogP contribution in [0.2, 0.25) is 0 Å². The van der Waals surface area contributed by atoms with Crippen LogP contribution in [0.3, 0.4) is 0 Å². The van der Waals surface area contributed by atoms with Gasteiger partial charge >= 0.3 is 0 Å². The van der Waals surface area contributed by atoms with Crippen LogP contribution in [0.15, 0.2) is 29.6 Å². The molecule has 1 heterocycles. The summed E-state index contributed by atoms with van der Waals surface area (Å²) in [5, 5.41) is 9.13. The number of carbonyl (C=O) groups is 1. The average molecular weight is 317 g/mol. The van der Waals surface area contributed by atoms with E-state index in [0.717, 1.165) is 22.8 Å². The number of aromatic nitrogens is 1. The molecular weight excluding hydrogens is 294 g/mol. The molecule has 118 valence electrons. The number of rotatable bonds is 7. The van der Waals surface area contributed by atoms with Crippen molar-refractivity contribution in [3.05, 3.63) is 40.9 Å². The van der Waals surface area contributed by atoms with Crippen molar-refractivity contribution < 1.29 is 4.79 Å². The zero-order valence-electron chi connectivity index (χ0n) is 13.3. The number of amides is 1. The van der Waals surface area contributed by atoms with Crippen molar-refractivity contribution in [3.63, 3.8) is 0 Å². The average Bonchev–Trinajstić information content (AvgIpc) is 2.94.